The molecule has 128 valence electrons. The van der Waals surface area contributed by atoms with Gasteiger partial charge in [0.25, 0.3) is 0 Å². The first-order valence-electron chi connectivity index (χ1n) is 7.84. The van der Waals surface area contributed by atoms with Gasteiger partial charge in [-0.25, -0.2) is 4.79 Å². The van der Waals surface area contributed by atoms with Gasteiger partial charge in [-0.2, -0.15) is 0 Å². The number of hydrogen-bond acceptors (Lipinski definition) is 4. The molecule has 0 aliphatic rings. The van der Waals surface area contributed by atoms with E-state index in [9.17, 15) is 14.4 Å². The maximum Gasteiger partial charge on any atom is 0.345 e. The number of nitrogens with zero attached hydrogens (tertiary/aromatic N) is 1. The monoisotopic (exact) mass is 340 g/mol. The van der Waals surface area contributed by atoms with Crippen molar-refractivity contribution in [3.05, 3.63) is 21.9 Å². The Hall–Kier alpha value is -1.89. The van der Waals surface area contributed by atoms with E-state index in [4.69, 9.17) is 5.11 Å². The van der Waals surface area contributed by atoms with Gasteiger partial charge in [0.05, 0.1) is 6.54 Å². The van der Waals surface area contributed by atoms with Crippen molar-refractivity contribution < 1.29 is 19.5 Å². The summed E-state index contributed by atoms with van der Waals surface area (Å²) in [5.74, 6) is -1.16. The van der Waals surface area contributed by atoms with Gasteiger partial charge in [0, 0.05) is 30.8 Å². The number of thiophene rings is 1. The van der Waals surface area contributed by atoms with Gasteiger partial charge in [-0.15, -0.1) is 11.3 Å². The molecular formula is C16H24N2O4S. The summed E-state index contributed by atoms with van der Waals surface area (Å²) in [6.45, 7) is 5.78. The minimum absolute atomic E-state index is 0.00753. The summed E-state index contributed by atoms with van der Waals surface area (Å²) in [5, 5.41) is 11.6. The van der Waals surface area contributed by atoms with Crippen molar-refractivity contribution in [3.8, 4) is 0 Å². The second kappa shape index (κ2) is 9.99. The molecule has 0 aliphatic carbocycles. The first-order valence-corrected chi connectivity index (χ1v) is 8.66. The van der Waals surface area contributed by atoms with E-state index in [0.29, 0.717) is 6.54 Å². The van der Waals surface area contributed by atoms with Crippen LogP contribution >= 0.6 is 11.3 Å². The van der Waals surface area contributed by atoms with E-state index in [2.05, 4.69) is 5.32 Å². The third-order valence-corrected chi connectivity index (χ3v) is 4.31. The van der Waals surface area contributed by atoms with Crippen molar-refractivity contribution >= 4 is 29.1 Å². The first-order chi connectivity index (χ1) is 11.0. The fourth-order valence-electron chi connectivity index (χ4n) is 2.14. The van der Waals surface area contributed by atoms with E-state index >= 15 is 0 Å². The molecule has 1 heterocycles. The number of nitrogens with one attached hydrogen (secondary N) is 1. The van der Waals surface area contributed by atoms with Gasteiger partial charge in [0.15, 0.2) is 0 Å². The second-order valence-electron chi connectivity index (χ2n) is 5.23. The third-order valence-electron chi connectivity index (χ3n) is 3.24. The van der Waals surface area contributed by atoms with Crippen LogP contribution in [-0.4, -0.2) is 40.9 Å². The van der Waals surface area contributed by atoms with Gasteiger partial charge in [0.1, 0.15) is 4.88 Å². The Kier molecular flexibility index (Phi) is 8.32. The molecule has 7 heteroatoms. The zero-order chi connectivity index (χ0) is 17.2. The molecule has 1 aromatic rings. The average molecular weight is 340 g/mol. The van der Waals surface area contributed by atoms with Gasteiger partial charge >= 0.3 is 5.97 Å². The zero-order valence-electron chi connectivity index (χ0n) is 13.6. The summed E-state index contributed by atoms with van der Waals surface area (Å²) < 4.78 is 0. The number of rotatable bonds is 10. The predicted molar refractivity (Wildman–Crippen MR) is 89.5 cm³/mol. The summed E-state index contributed by atoms with van der Waals surface area (Å²) in [5.41, 5.74) is 0. The van der Waals surface area contributed by atoms with Crippen LogP contribution in [0, 0.1) is 0 Å². The number of carbonyl (C=O) groups is 3. The van der Waals surface area contributed by atoms with Crippen LogP contribution in [0.4, 0.5) is 0 Å². The molecule has 0 unspecified atom stereocenters. The smallest absolute Gasteiger partial charge is 0.345 e. The summed E-state index contributed by atoms with van der Waals surface area (Å²) in [4.78, 5) is 37.5. The molecule has 1 aromatic heterocycles. The summed E-state index contributed by atoms with van der Waals surface area (Å²) in [6, 6.07) is 3.20. The van der Waals surface area contributed by atoms with Gasteiger partial charge in [-0.1, -0.05) is 13.8 Å². The van der Waals surface area contributed by atoms with Crippen LogP contribution in [0.15, 0.2) is 12.1 Å². The Bertz CT molecular complexity index is 536. The maximum absolute atomic E-state index is 12.1. The van der Waals surface area contributed by atoms with E-state index in [1.165, 1.54) is 6.07 Å². The normalized spacial score (nSPS) is 10.3. The SMILES string of the molecule is CCCN(CCC)C(=O)CCC(=O)NCc1ccc(C(=O)O)s1. The molecule has 0 aromatic carbocycles. The molecule has 2 amide bonds. The van der Waals surface area contributed by atoms with Crippen molar-refractivity contribution in [2.45, 2.75) is 46.1 Å². The van der Waals surface area contributed by atoms with Crippen LogP contribution < -0.4 is 5.32 Å². The van der Waals surface area contributed by atoms with Crippen LogP contribution in [-0.2, 0) is 16.1 Å². The van der Waals surface area contributed by atoms with Crippen molar-refractivity contribution in [2.24, 2.45) is 0 Å². The second-order valence-corrected chi connectivity index (χ2v) is 6.40. The highest BCUT2D eigenvalue weighted by Gasteiger charge is 2.14. The Morgan fingerprint density at radius 3 is 2.30 bits per heavy atom. The van der Waals surface area contributed by atoms with E-state index in [1.807, 2.05) is 13.8 Å². The Morgan fingerprint density at radius 1 is 1.13 bits per heavy atom. The molecule has 0 aliphatic heterocycles. The Morgan fingerprint density at radius 2 is 1.78 bits per heavy atom. The quantitative estimate of drug-likeness (QED) is 0.685. The molecular weight excluding hydrogens is 316 g/mol. The highest BCUT2D eigenvalue weighted by molar-refractivity contribution is 7.13. The van der Waals surface area contributed by atoms with Gasteiger partial charge in [-0.3, -0.25) is 9.59 Å². The van der Waals surface area contributed by atoms with Gasteiger partial charge in [-0.05, 0) is 25.0 Å². The predicted octanol–water partition coefficient (Wildman–Crippen LogP) is 2.49. The molecule has 0 saturated heterocycles. The highest BCUT2D eigenvalue weighted by atomic mass is 32.1. The summed E-state index contributed by atoms with van der Waals surface area (Å²) >= 11 is 1.14. The first kappa shape index (κ1) is 19.2. The molecule has 0 bridgehead atoms. The lowest BCUT2D eigenvalue weighted by Crippen LogP contribution is -2.33. The Labute approximate surface area is 140 Å². The number of carboxylic acid groups (broad SMARTS) is 1. The van der Waals surface area contributed by atoms with E-state index in [-0.39, 0.29) is 29.5 Å². The fraction of sp³-hybridized carbons (Fsp3) is 0.562. The number of carboxylic acids is 1. The van der Waals surface area contributed by atoms with E-state index in [1.54, 1.807) is 11.0 Å². The van der Waals surface area contributed by atoms with Gasteiger partial charge in [0.2, 0.25) is 11.8 Å². The highest BCUT2D eigenvalue weighted by Crippen LogP contribution is 2.16. The fourth-order valence-corrected chi connectivity index (χ4v) is 2.93. The summed E-state index contributed by atoms with van der Waals surface area (Å²) in [6.07, 6.45) is 2.17. The van der Waals surface area contributed by atoms with Crippen LogP contribution in [0.5, 0.6) is 0 Å². The molecule has 1 rings (SSSR count). The number of amides is 2. The topological polar surface area (TPSA) is 86.7 Å². The molecule has 23 heavy (non-hydrogen) atoms. The van der Waals surface area contributed by atoms with Crippen LogP contribution in [0.2, 0.25) is 0 Å². The maximum atomic E-state index is 12.1. The van der Waals surface area contributed by atoms with Crippen molar-refractivity contribution in [2.75, 3.05) is 13.1 Å². The lowest BCUT2D eigenvalue weighted by Gasteiger charge is -2.21. The average Bonchev–Trinajstić information content (AvgIpc) is 2.99. The molecule has 0 fully saturated rings. The van der Waals surface area contributed by atoms with Crippen LogP contribution in [0.3, 0.4) is 0 Å². The lowest BCUT2D eigenvalue weighted by molar-refractivity contribution is -0.133. The lowest BCUT2D eigenvalue weighted by atomic mass is 10.2. The third kappa shape index (κ3) is 6.81. The van der Waals surface area contributed by atoms with E-state index in [0.717, 1.165) is 42.1 Å². The molecule has 6 nitrogen and oxygen atoms in total. The van der Waals surface area contributed by atoms with Crippen LogP contribution in [0.1, 0.15) is 54.1 Å². The van der Waals surface area contributed by atoms with Crippen molar-refractivity contribution in [3.63, 3.8) is 0 Å². The molecule has 0 atom stereocenters. The zero-order valence-corrected chi connectivity index (χ0v) is 14.4. The number of carbonyl (C=O) groups excluding carboxylic acids is 2. The van der Waals surface area contributed by atoms with E-state index < -0.39 is 5.97 Å². The minimum Gasteiger partial charge on any atom is -0.477 e. The number of hydrogen-bond donors (Lipinski definition) is 2. The van der Waals surface area contributed by atoms with Crippen LogP contribution in [0.25, 0.3) is 0 Å². The van der Waals surface area contributed by atoms with Crippen molar-refractivity contribution in [1.29, 1.82) is 0 Å². The summed E-state index contributed by atoms with van der Waals surface area (Å²) in [7, 11) is 0. The minimum atomic E-state index is -0.967. The molecule has 2 N–H and O–H groups in total. The largest absolute Gasteiger partial charge is 0.477 e. The molecule has 0 saturated carbocycles. The standard InChI is InChI=1S/C16H24N2O4S/c1-3-9-18(10-4-2)15(20)8-7-14(19)17-11-12-5-6-13(23-12)16(21)22/h5-6H,3-4,7-11H2,1-2H3,(H,17,19)(H,21,22). The number of aromatic carboxylic acids is 1. The van der Waals surface area contributed by atoms with Crippen molar-refractivity contribution in [1.82, 2.24) is 10.2 Å². The Balaban J connectivity index is 2.35. The molecule has 0 radical (unpaired) electrons. The van der Waals surface area contributed by atoms with Gasteiger partial charge < -0.3 is 15.3 Å². The molecule has 0 spiro atoms.